The first kappa shape index (κ1) is 53.7. The average molecular weight is 882 g/mol. The summed E-state index contributed by atoms with van der Waals surface area (Å²) in [5, 5.41) is 21.9. The number of hydrogen-bond acceptors (Lipinski definition) is 14. The van der Waals surface area contributed by atoms with Gasteiger partial charge in [0.2, 0.25) is 5.52 Å². The van der Waals surface area contributed by atoms with Crippen LogP contribution in [0, 0.1) is 10.1 Å². The maximum atomic E-state index is 12.7. The highest BCUT2D eigenvalue weighted by atomic mass is 31.2. The van der Waals surface area contributed by atoms with Gasteiger partial charge in [-0.15, -0.1) is 0 Å². The fourth-order valence-corrected chi connectivity index (χ4v) is 7.32. The summed E-state index contributed by atoms with van der Waals surface area (Å²) in [7, 11) is 1.06. The molecule has 16 nitrogen and oxygen atoms in total. The second kappa shape index (κ2) is 32.3. The molecule has 0 spiro atoms. The van der Waals surface area contributed by atoms with E-state index in [0.717, 1.165) is 89.9 Å². The number of phosphoric ester groups is 1. The topological polar surface area (TPSA) is 205 Å². The van der Waals surface area contributed by atoms with E-state index in [1.54, 1.807) is 6.07 Å². The number of carbonyl (C=O) groups excluding carboxylic acids is 2. The van der Waals surface area contributed by atoms with Crippen molar-refractivity contribution in [3.63, 3.8) is 0 Å². The Morgan fingerprint density at radius 1 is 0.770 bits per heavy atom. The maximum Gasteiger partial charge on any atom is 0.306 e. The van der Waals surface area contributed by atoms with E-state index in [1.807, 2.05) is 21.1 Å². The Morgan fingerprint density at radius 2 is 1.31 bits per heavy atom. The van der Waals surface area contributed by atoms with Gasteiger partial charge in [-0.1, -0.05) is 115 Å². The number of fused-ring (bicyclic) bond motifs is 1. The van der Waals surface area contributed by atoms with Crippen molar-refractivity contribution in [3.8, 4) is 0 Å². The van der Waals surface area contributed by atoms with E-state index in [-0.39, 0.29) is 37.3 Å². The molecule has 0 radical (unpaired) electrons. The molecule has 0 saturated heterocycles. The van der Waals surface area contributed by atoms with Crippen molar-refractivity contribution in [1.29, 1.82) is 0 Å². The van der Waals surface area contributed by atoms with E-state index in [1.165, 1.54) is 44.6 Å². The number of nitro groups is 1. The van der Waals surface area contributed by atoms with Gasteiger partial charge in [-0.05, 0) is 61.3 Å². The lowest BCUT2D eigenvalue weighted by atomic mass is 10.1. The standard InChI is InChI=1S/C44H76N5O11P/c1-5-6-7-8-9-10-11-12-13-14-15-17-20-23-26-29-41(50)56-36-38(37-58-61(54,55)57-35-34-49(2,3)4)59-42(51)30-27-24-21-18-16-19-22-25-28-33-45-39-31-32-40(48(52)53)44-43(39)46-60-47-44/h12-13,31-32,38H,5-11,14-30,33-37H2,1-4H3,(H-,45,47,54,55)/b13-12-. The Hall–Kier alpha value is -3.43. The van der Waals surface area contributed by atoms with E-state index in [0.29, 0.717) is 41.6 Å². The fourth-order valence-electron chi connectivity index (χ4n) is 6.60. The number of phosphoric acid groups is 1. The zero-order valence-corrected chi connectivity index (χ0v) is 38.5. The Kier molecular flexibility index (Phi) is 28.4. The minimum atomic E-state index is -4.67. The van der Waals surface area contributed by atoms with Crippen LogP contribution in [-0.4, -0.2) is 91.8 Å². The van der Waals surface area contributed by atoms with Crippen molar-refractivity contribution in [2.24, 2.45) is 0 Å². The highest BCUT2D eigenvalue weighted by Gasteiger charge is 2.22. The number of ether oxygens (including phenoxy) is 2. The number of esters is 2. The van der Waals surface area contributed by atoms with Crippen molar-refractivity contribution in [2.75, 3.05) is 59.4 Å². The van der Waals surface area contributed by atoms with Crippen LogP contribution in [0.3, 0.4) is 0 Å². The summed E-state index contributed by atoms with van der Waals surface area (Å²) < 4.78 is 38.6. The lowest BCUT2D eigenvalue weighted by Gasteiger charge is -2.28. The molecule has 1 aromatic heterocycles. The lowest BCUT2D eigenvalue weighted by molar-refractivity contribution is -0.870. The van der Waals surface area contributed by atoms with Gasteiger partial charge in [-0.3, -0.25) is 24.3 Å². The number of nitrogens with one attached hydrogen (secondary N) is 1. The summed E-state index contributed by atoms with van der Waals surface area (Å²) in [6, 6.07) is 3.01. The smallest absolute Gasteiger partial charge is 0.306 e. The van der Waals surface area contributed by atoms with E-state index in [4.69, 9.17) is 23.2 Å². The zero-order valence-electron chi connectivity index (χ0n) is 37.6. The molecule has 0 aliphatic carbocycles. The van der Waals surface area contributed by atoms with E-state index in [2.05, 4.69) is 34.7 Å². The number of allylic oxidation sites excluding steroid dienone is 2. The first-order chi connectivity index (χ1) is 29.3. The lowest BCUT2D eigenvalue weighted by Crippen LogP contribution is -2.37. The number of non-ortho nitro benzene ring substituents is 1. The Bertz CT molecular complexity index is 1580. The van der Waals surface area contributed by atoms with Gasteiger partial charge in [0.05, 0.1) is 38.4 Å². The molecular formula is C44H76N5O11P. The molecule has 17 heteroatoms. The number of anilines is 1. The second-order valence-corrected chi connectivity index (χ2v) is 18.3. The highest BCUT2D eigenvalue weighted by Crippen LogP contribution is 2.38. The number of nitrogens with zero attached hydrogens (tertiary/aromatic N) is 4. The van der Waals surface area contributed by atoms with Crippen LogP contribution in [-0.2, 0) is 32.7 Å². The summed E-state index contributed by atoms with van der Waals surface area (Å²) in [6.07, 6.45) is 27.7. The largest absolute Gasteiger partial charge is 0.756 e. The van der Waals surface area contributed by atoms with Crippen molar-refractivity contribution < 1.29 is 51.6 Å². The number of nitro benzene ring substituents is 1. The highest BCUT2D eigenvalue weighted by molar-refractivity contribution is 7.45. The number of hydrogen-bond donors (Lipinski definition) is 1. The molecule has 0 amide bonds. The third kappa shape index (κ3) is 27.3. The molecule has 0 aliphatic heterocycles. The number of quaternary nitrogens is 1. The van der Waals surface area contributed by atoms with Gasteiger partial charge in [0.15, 0.2) is 11.6 Å². The van der Waals surface area contributed by atoms with E-state index >= 15 is 0 Å². The van der Waals surface area contributed by atoms with Gasteiger partial charge < -0.3 is 33.2 Å². The molecule has 1 N–H and O–H groups in total. The molecule has 348 valence electrons. The van der Waals surface area contributed by atoms with Crippen LogP contribution < -0.4 is 10.2 Å². The summed E-state index contributed by atoms with van der Waals surface area (Å²) in [5.74, 6) is -0.926. The number of rotatable bonds is 39. The second-order valence-electron chi connectivity index (χ2n) is 16.9. The van der Waals surface area contributed by atoms with Crippen molar-refractivity contribution in [3.05, 3.63) is 34.4 Å². The van der Waals surface area contributed by atoms with Crippen molar-refractivity contribution in [1.82, 2.24) is 10.3 Å². The number of carbonyl (C=O) groups is 2. The molecular weight excluding hydrogens is 805 g/mol. The van der Waals surface area contributed by atoms with Crippen LogP contribution in [0.2, 0.25) is 0 Å². The van der Waals surface area contributed by atoms with Crippen LogP contribution in [0.15, 0.2) is 28.9 Å². The average Bonchev–Trinajstić information content (AvgIpc) is 3.70. The molecule has 2 atom stereocenters. The summed E-state index contributed by atoms with van der Waals surface area (Å²) in [4.78, 5) is 48.3. The third-order valence-corrected chi connectivity index (χ3v) is 11.2. The predicted molar refractivity (Wildman–Crippen MR) is 236 cm³/mol. The third-order valence-electron chi connectivity index (χ3n) is 10.3. The molecule has 0 fully saturated rings. The normalized spacial score (nSPS) is 13.4. The molecule has 61 heavy (non-hydrogen) atoms. The van der Waals surface area contributed by atoms with E-state index in [9.17, 15) is 29.2 Å². The van der Waals surface area contributed by atoms with Crippen LogP contribution in [0.25, 0.3) is 11.0 Å². The molecule has 1 heterocycles. The predicted octanol–water partition coefficient (Wildman–Crippen LogP) is 10.1. The van der Waals surface area contributed by atoms with Crippen LogP contribution in [0.1, 0.15) is 161 Å². The van der Waals surface area contributed by atoms with Gasteiger partial charge >= 0.3 is 17.6 Å². The quantitative estimate of drug-likeness (QED) is 0.0126. The minimum Gasteiger partial charge on any atom is -0.756 e. The first-order valence-electron chi connectivity index (χ1n) is 22.9. The fraction of sp³-hybridized carbons (Fsp3) is 0.773. The van der Waals surface area contributed by atoms with Crippen molar-refractivity contribution in [2.45, 2.75) is 167 Å². The number of aromatic nitrogens is 2. The minimum absolute atomic E-state index is 0.0599. The number of benzene rings is 1. The van der Waals surface area contributed by atoms with Gasteiger partial charge in [-0.25, -0.2) is 4.63 Å². The van der Waals surface area contributed by atoms with Crippen LogP contribution >= 0.6 is 7.82 Å². The molecule has 2 aromatic rings. The van der Waals surface area contributed by atoms with Crippen LogP contribution in [0.5, 0.6) is 0 Å². The Labute approximate surface area is 364 Å². The maximum absolute atomic E-state index is 12.7. The Balaban J connectivity index is 1.60. The molecule has 2 rings (SSSR count). The van der Waals surface area contributed by atoms with Gasteiger partial charge in [0.1, 0.15) is 19.8 Å². The summed E-state index contributed by atoms with van der Waals surface area (Å²) in [5.41, 5.74) is 0.988. The molecule has 0 bridgehead atoms. The summed E-state index contributed by atoms with van der Waals surface area (Å²) >= 11 is 0. The molecule has 0 aliphatic rings. The van der Waals surface area contributed by atoms with Crippen molar-refractivity contribution >= 4 is 42.2 Å². The number of likely N-dealkylation sites (N-methyl/N-ethyl adjacent to an activating group) is 1. The monoisotopic (exact) mass is 882 g/mol. The van der Waals surface area contributed by atoms with Crippen LogP contribution in [0.4, 0.5) is 11.4 Å². The molecule has 1 aromatic carbocycles. The molecule has 0 saturated carbocycles. The van der Waals surface area contributed by atoms with Gasteiger partial charge in [0.25, 0.3) is 7.82 Å². The molecule has 2 unspecified atom stereocenters. The van der Waals surface area contributed by atoms with Gasteiger partial charge in [0, 0.05) is 25.5 Å². The number of unbranched alkanes of at least 4 members (excludes halogenated alkanes) is 19. The Morgan fingerprint density at radius 3 is 1.90 bits per heavy atom. The zero-order chi connectivity index (χ0) is 44.6. The van der Waals surface area contributed by atoms with E-state index < -0.39 is 37.4 Å². The summed E-state index contributed by atoms with van der Waals surface area (Å²) in [6.45, 7) is 2.52. The van der Waals surface area contributed by atoms with Gasteiger partial charge in [-0.2, -0.15) is 0 Å². The first-order valence-corrected chi connectivity index (χ1v) is 24.3. The SMILES string of the molecule is CCCCCCCC/C=C\CCCCCCCC(=O)OCC(COP(=O)([O-])OCC[N+](C)(C)C)OC(=O)CCCCCCCCCCCNc1ccc([N+](=O)[O-])c2nonc12.